The SMILES string of the molecule is CC(C)S(=O)(=O)Nc1ccc(F)c(F)c1. The fraction of sp³-hybridized carbons (Fsp3) is 0.333. The Morgan fingerprint density at radius 1 is 1.20 bits per heavy atom. The van der Waals surface area contributed by atoms with E-state index >= 15 is 0 Å². The third-order valence-corrected chi connectivity index (χ3v) is 3.56. The summed E-state index contributed by atoms with van der Waals surface area (Å²) in [6.07, 6.45) is 0. The van der Waals surface area contributed by atoms with Crippen LogP contribution < -0.4 is 4.72 Å². The molecule has 0 aliphatic rings. The molecule has 0 heterocycles. The van der Waals surface area contributed by atoms with Crippen molar-refractivity contribution in [3.8, 4) is 0 Å². The van der Waals surface area contributed by atoms with E-state index in [1.807, 2.05) is 0 Å². The lowest BCUT2D eigenvalue weighted by Gasteiger charge is -2.10. The van der Waals surface area contributed by atoms with Gasteiger partial charge in [0.2, 0.25) is 10.0 Å². The third kappa shape index (κ3) is 2.89. The summed E-state index contributed by atoms with van der Waals surface area (Å²) < 4.78 is 50.2. The molecule has 0 aliphatic heterocycles. The first-order valence-electron chi connectivity index (χ1n) is 4.29. The van der Waals surface area contributed by atoms with E-state index in [9.17, 15) is 17.2 Å². The first kappa shape index (κ1) is 11.9. The fourth-order valence-electron chi connectivity index (χ4n) is 0.842. The fourth-order valence-corrected chi connectivity index (χ4v) is 1.53. The minimum absolute atomic E-state index is 0.0163. The minimum Gasteiger partial charge on any atom is -0.283 e. The summed E-state index contributed by atoms with van der Waals surface area (Å²) in [6, 6.07) is 2.83. The molecule has 84 valence electrons. The van der Waals surface area contributed by atoms with E-state index in [2.05, 4.69) is 4.72 Å². The maximum Gasteiger partial charge on any atom is 0.235 e. The number of anilines is 1. The average Bonchev–Trinajstić information content (AvgIpc) is 2.10. The van der Waals surface area contributed by atoms with Gasteiger partial charge in [-0.25, -0.2) is 17.2 Å². The molecule has 1 rings (SSSR count). The van der Waals surface area contributed by atoms with E-state index in [-0.39, 0.29) is 5.69 Å². The number of halogens is 2. The first-order chi connectivity index (χ1) is 6.83. The molecule has 1 N–H and O–H groups in total. The van der Waals surface area contributed by atoms with E-state index in [0.717, 1.165) is 12.1 Å². The maximum absolute atomic E-state index is 12.7. The number of rotatable bonds is 3. The molecule has 1 aromatic carbocycles. The molecule has 0 saturated carbocycles. The van der Waals surface area contributed by atoms with E-state index < -0.39 is 26.9 Å². The van der Waals surface area contributed by atoms with Gasteiger partial charge in [0, 0.05) is 6.07 Å². The molecule has 0 spiro atoms. The summed E-state index contributed by atoms with van der Waals surface area (Å²) in [6.45, 7) is 2.98. The normalized spacial score (nSPS) is 11.8. The Balaban J connectivity index is 2.96. The molecular formula is C9H11F2NO2S. The van der Waals surface area contributed by atoms with E-state index in [1.165, 1.54) is 19.9 Å². The zero-order valence-electron chi connectivity index (χ0n) is 8.29. The zero-order chi connectivity index (χ0) is 11.6. The van der Waals surface area contributed by atoms with Crippen LogP contribution in [0.5, 0.6) is 0 Å². The van der Waals surface area contributed by atoms with Crippen molar-refractivity contribution in [2.45, 2.75) is 19.1 Å². The van der Waals surface area contributed by atoms with Gasteiger partial charge >= 0.3 is 0 Å². The van der Waals surface area contributed by atoms with Crippen LogP contribution in [0.3, 0.4) is 0 Å². The molecule has 6 heteroatoms. The van der Waals surface area contributed by atoms with Gasteiger partial charge in [-0.2, -0.15) is 0 Å². The van der Waals surface area contributed by atoms with Gasteiger partial charge in [0.1, 0.15) is 0 Å². The molecule has 0 unspecified atom stereocenters. The van der Waals surface area contributed by atoms with Crippen molar-refractivity contribution in [2.75, 3.05) is 4.72 Å². The van der Waals surface area contributed by atoms with Crippen molar-refractivity contribution in [3.63, 3.8) is 0 Å². The molecule has 0 aliphatic carbocycles. The maximum atomic E-state index is 12.7. The number of hydrogen-bond acceptors (Lipinski definition) is 2. The quantitative estimate of drug-likeness (QED) is 0.872. The van der Waals surface area contributed by atoms with Gasteiger partial charge in [0.25, 0.3) is 0 Å². The summed E-state index contributed by atoms with van der Waals surface area (Å²) in [7, 11) is -3.52. The van der Waals surface area contributed by atoms with Crippen LogP contribution >= 0.6 is 0 Å². The van der Waals surface area contributed by atoms with Crippen LogP contribution in [0.1, 0.15) is 13.8 Å². The monoisotopic (exact) mass is 235 g/mol. The van der Waals surface area contributed by atoms with Gasteiger partial charge in [0.05, 0.1) is 10.9 Å². The standard InChI is InChI=1S/C9H11F2NO2S/c1-6(2)15(13,14)12-7-3-4-8(10)9(11)5-7/h3-6,12H,1-2H3. The molecule has 0 aromatic heterocycles. The predicted octanol–water partition coefficient (Wildman–Crippen LogP) is 2.11. The second-order valence-corrected chi connectivity index (χ2v) is 5.56. The van der Waals surface area contributed by atoms with Crippen LogP contribution in [0.4, 0.5) is 14.5 Å². The van der Waals surface area contributed by atoms with E-state index in [1.54, 1.807) is 0 Å². The van der Waals surface area contributed by atoms with Crippen LogP contribution in [-0.2, 0) is 10.0 Å². The van der Waals surface area contributed by atoms with Gasteiger partial charge in [-0.3, -0.25) is 4.72 Å². The molecule has 0 bridgehead atoms. The van der Waals surface area contributed by atoms with E-state index in [0.29, 0.717) is 0 Å². The van der Waals surface area contributed by atoms with Crippen molar-refractivity contribution in [1.82, 2.24) is 0 Å². The van der Waals surface area contributed by atoms with Gasteiger partial charge in [-0.1, -0.05) is 0 Å². The Labute approximate surface area is 87.2 Å². The van der Waals surface area contributed by atoms with Crippen LogP contribution in [0.15, 0.2) is 18.2 Å². The van der Waals surface area contributed by atoms with Gasteiger partial charge in [-0.05, 0) is 26.0 Å². The highest BCUT2D eigenvalue weighted by Crippen LogP contribution is 2.15. The molecule has 15 heavy (non-hydrogen) atoms. The number of nitrogens with one attached hydrogen (secondary N) is 1. The Hall–Kier alpha value is -1.17. The largest absolute Gasteiger partial charge is 0.283 e. The highest BCUT2D eigenvalue weighted by atomic mass is 32.2. The van der Waals surface area contributed by atoms with Crippen LogP contribution in [0.25, 0.3) is 0 Å². The number of benzene rings is 1. The summed E-state index contributed by atoms with van der Waals surface area (Å²) in [5, 5.41) is -0.634. The molecule has 0 amide bonds. The summed E-state index contributed by atoms with van der Waals surface area (Å²) in [5.74, 6) is -2.10. The number of hydrogen-bond donors (Lipinski definition) is 1. The molecule has 0 radical (unpaired) electrons. The minimum atomic E-state index is -3.52. The topological polar surface area (TPSA) is 46.2 Å². The molecule has 0 saturated heterocycles. The number of sulfonamides is 1. The highest BCUT2D eigenvalue weighted by Gasteiger charge is 2.16. The van der Waals surface area contributed by atoms with Crippen molar-refractivity contribution in [3.05, 3.63) is 29.8 Å². The van der Waals surface area contributed by atoms with Gasteiger partial charge in [-0.15, -0.1) is 0 Å². The van der Waals surface area contributed by atoms with E-state index in [4.69, 9.17) is 0 Å². The van der Waals surface area contributed by atoms with Crippen LogP contribution in [0.2, 0.25) is 0 Å². The lowest BCUT2D eigenvalue weighted by Crippen LogP contribution is -2.22. The Bertz CT molecular complexity index is 457. The van der Waals surface area contributed by atoms with Crippen molar-refractivity contribution in [1.29, 1.82) is 0 Å². The lowest BCUT2D eigenvalue weighted by atomic mass is 10.3. The lowest BCUT2D eigenvalue weighted by molar-refractivity contribution is 0.509. The molecule has 3 nitrogen and oxygen atoms in total. The van der Waals surface area contributed by atoms with Crippen molar-refractivity contribution in [2.24, 2.45) is 0 Å². The van der Waals surface area contributed by atoms with Gasteiger partial charge < -0.3 is 0 Å². The zero-order valence-corrected chi connectivity index (χ0v) is 9.11. The van der Waals surface area contributed by atoms with Crippen molar-refractivity contribution >= 4 is 15.7 Å². The second kappa shape index (κ2) is 4.14. The molecule has 0 fully saturated rings. The average molecular weight is 235 g/mol. The van der Waals surface area contributed by atoms with Gasteiger partial charge in [0.15, 0.2) is 11.6 Å². The highest BCUT2D eigenvalue weighted by molar-refractivity contribution is 7.93. The third-order valence-electron chi connectivity index (χ3n) is 1.80. The summed E-state index contributed by atoms with van der Waals surface area (Å²) in [4.78, 5) is 0. The van der Waals surface area contributed by atoms with Crippen LogP contribution in [0, 0.1) is 11.6 Å². The Kier molecular flexibility index (Phi) is 3.28. The Morgan fingerprint density at radius 3 is 2.27 bits per heavy atom. The van der Waals surface area contributed by atoms with Crippen molar-refractivity contribution < 1.29 is 17.2 Å². The molecular weight excluding hydrogens is 224 g/mol. The van der Waals surface area contributed by atoms with Crippen LogP contribution in [-0.4, -0.2) is 13.7 Å². The summed E-state index contributed by atoms with van der Waals surface area (Å²) >= 11 is 0. The Morgan fingerprint density at radius 2 is 1.80 bits per heavy atom. The second-order valence-electron chi connectivity index (χ2n) is 3.32. The predicted molar refractivity (Wildman–Crippen MR) is 54.0 cm³/mol. The molecule has 0 atom stereocenters. The smallest absolute Gasteiger partial charge is 0.235 e. The summed E-state index contributed by atoms with van der Waals surface area (Å²) in [5.41, 5.74) is 0.0163. The molecule has 1 aromatic rings. The first-order valence-corrected chi connectivity index (χ1v) is 5.84.